The third-order valence-corrected chi connectivity index (χ3v) is 3.53. The molecule has 0 saturated heterocycles. The number of pyridine rings is 1. The fraction of sp³-hybridized carbons (Fsp3) is 0.438. The smallest absolute Gasteiger partial charge is 0.315 e. The van der Waals surface area contributed by atoms with Crippen molar-refractivity contribution in [1.82, 2.24) is 25.2 Å². The van der Waals surface area contributed by atoms with E-state index in [1.165, 1.54) is 0 Å². The summed E-state index contributed by atoms with van der Waals surface area (Å²) < 4.78 is 1.80. The Hall–Kier alpha value is -2.41. The maximum Gasteiger partial charge on any atom is 0.315 e. The van der Waals surface area contributed by atoms with Gasteiger partial charge in [-0.25, -0.2) is 14.8 Å². The average molecular weight is 317 g/mol. The molecule has 0 aliphatic carbocycles. The van der Waals surface area contributed by atoms with E-state index in [1.807, 2.05) is 32.2 Å². The fourth-order valence-electron chi connectivity index (χ4n) is 2.02. The standard InChI is InChI=1S/C16H23N5O2/c1-12(2)14(22)4-6-19-16(23)20-10-13-3-5-18-15(9-13)21-8-7-17-11-21/h3,5,7-9,11-12,14,22H,4,6,10H2,1-2H3,(H2,19,20,23). The lowest BCUT2D eigenvalue weighted by Gasteiger charge is -2.14. The average Bonchev–Trinajstić information content (AvgIpc) is 3.07. The van der Waals surface area contributed by atoms with Gasteiger partial charge in [0.05, 0.1) is 6.10 Å². The summed E-state index contributed by atoms with van der Waals surface area (Å²) in [4.78, 5) is 20.0. The van der Waals surface area contributed by atoms with Gasteiger partial charge in [0, 0.05) is 31.7 Å². The first-order chi connectivity index (χ1) is 11.1. The van der Waals surface area contributed by atoms with Gasteiger partial charge in [-0.2, -0.15) is 0 Å². The number of hydrogen-bond donors (Lipinski definition) is 3. The molecule has 7 nitrogen and oxygen atoms in total. The van der Waals surface area contributed by atoms with Crippen molar-refractivity contribution in [3.05, 3.63) is 42.6 Å². The van der Waals surface area contributed by atoms with E-state index < -0.39 is 6.10 Å². The van der Waals surface area contributed by atoms with E-state index in [0.29, 0.717) is 19.5 Å². The molecule has 2 heterocycles. The summed E-state index contributed by atoms with van der Waals surface area (Å²) in [7, 11) is 0. The van der Waals surface area contributed by atoms with Crippen molar-refractivity contribution in [3.63, 3.8) is 0 Å². The summed E-state index contributed by atoms with van der Waals surface area (Å²) in [5, 5.41) is 15.2. The fourth-order valence-corrected chi connectivity index (χ4v) is 2.02. The lowest BCUT2D eigenvalue weighted by atomic mass is 10.0. The van der Waals surface area contributed by atoms with Crippen molar-refractivity contribution >= 4 is 6.03 Å². The molecule has 1 unspecified atom stereocenters. The predicted octanol–water partition coefficient (Wildman–Crippen LogP) is 1.47. The lowest BCUT2D eigenvalue weighted by molar-refractivity contribution is 0.116. The highest BCUT2D eigenvalue weighted by Gasteiger charge is 2.09. The molecule has 2 amide bonds. The predicted molar refractivity (Wildman–Crippen MR) is 87.1 cm³/mol. The number of rotatable bonds is 7. The Morgan fingerprint density at radius 3 is 2.87 bits per heavy atom. The van der Waals surface area contributed by atoms with Gasteiger partial charge in [0.15, 0.2) is 0 Å². The van der Waals surface area contributed by atoms with E-state index in [0.717, 1.165) is 11.4 Å². The summed E-state index contributed by atoms with van der Waals surface area (Å²) in [6.45, 7) is 4.75. The van der Waals surface area contributed by atoms with Gasteiger partial charge in [0.2, 0.25) is 0 Å². The number of urea groups is 1. The molecule has 2 aromatic rings. The zero-order valence-corrected chi connectivity index (χ0v) is 13.4. The zero-order valence-electron chi connectivity index (χ0n) is 13.4. The molecule has 0 spiro atoms. The van der Waals surface area contributed by atoms with Crippen LogP contribution in [-0.4, -0.2) is 38.3 Å². The second-order valence-corrected chi connectivity index (χ2v) is 5.70. The number of nitrogens with zero attached hydrogens (tertiary/aromatic N) is 3. The molecule has 3 N–H and O–H groups in total. The topological polar surface area (TPSA) is 92.1 Å². The highest BCUT2D eigenvalue weighted by Crippen LogP contribution is 2.07. The van der Waals surface area contributed by atoms with Gasteiger partial charge < -0.3 is 15.7 Å². The van der Waals surface area contributed by atoms with Gasteiger partial charge in [-0.3, -0.25) is 4.57 Å². The highest BCUT2D eigenvalue weighted by atomic mass is 16.3. The van der Waals surface area contributed by atoms with Gasteiger partial charge >= 0.3 is 6.03 Å². The zero-order chi connectivity index (χ0) is 16.7. The molecular formula is C16H23N5O2. The second-order valence-electron chi connectivity index (χ2n) is 5.70. The lowest BCUT2D eigenvalue weighted by Crippen LogP contribution is -2.37. The summed E-state index contributed by atoms with van der Waals surface area (Å²) in [6.07, 6.45) is 7.02. The minimum absolute atomic E-state index is 0.193. The maximum absolute atomic E-state index is 11.7. The molecule has 2 aromatic heterocycles. The van der Waals surface area contributed by atoms with Crippen LogP contribution in [0.3, 0.4) is 0 Å². The molecule has 23 heavy (non-hydrogen) atoms. The van der Waals surface area contributed by atoms with Crippen molar-refractivity contribution in [2.45, 2.75) is 32.9 Å². The molecule has 0 aromatic carbocycles. The Balaban J connectivity index is 1.77. The number of hydrogen-bond acceptors (Lipinski definition) is 4. The van der Waals surface area contributed by atoms with E-state index in [9.17, 15) is 9.90 Å². The molecular weight excluding hydrogens is 294 g/mol. The minimum Gasteiger partial charge on any atom is -0.393 e. The van der Waals surface area contributed by atoms with Gasteiger partial charge in [0.1, 0.15) is 12.1 Å². The van der Waals surface area contributed by atoms with Crippen LogP contribution in [-0.2, 0) is 6.54 Å². The van der Waals surface area contributed by atoms with Crippen LogP contribution in [0.4, 0.5) is 4.79 Å². The van der Waals surface area contributed by atoms with Gasteiger partial charge in [-0.05, 0) is 30.0 Å². The van der Waals surface area contributed by atoms with Crippen LogP contribution in [0.15, 0.2) is 37.1 Å². The van der Waals surface area contributed by atoms with Crippen LogP contribution < -0.4 is 10.6 Å². The molecule has 0 fully saturated rings. The molecule has 124 valence electrons. The van der Waals surface area contributed by atoms with Crippen molar-refractivity contribution < 1.29 is 9.90 Å². The number of aromatic nitrogens is 3. The quantitative estimate of drug-likeness (QED) is 0.721. The molecule has 2 rings (SSSR count). The van der Waals surface area contributed by atoms with Crippen molar-refractivity contribution in [1.29, 1.82) is 0 Å². The summed E-state index contributed by atoms with van der Waals surface area (Å²) >= 11 is 0. The number of aliphatic hydroxyl groups is 1. The number of aliphatic hydroxyl groups excluding tert-OH is 1. The first-order valence-electron chi connectivity index (χ1n) is 7.69. The van der Waals surface area contributed by atoms with Crippen LogP contribution in [0.2, 0.25) is 0 Å². The van der Waals surface area contributed by atoms with E-state index in [4.69, 9.17) is 0 Å². The Kier molecular flexibility index (Phi) is 6.10. The Morgan fingerprint density at radius 1 is 1.35 bits per heavy atom. The number of amides is 2. The third-order valence-electron chi connectivity index (χ3n) is 3.53. The first-order valence-corrected chi connectivity index (χ1v) is 7.69. The summed E-state index contributed by atoms with van der Waals surface area (Å²) in [5.74, 6) is 0.945. The highest BCUT2D eigenvalue weighted by molar-refractivity contribution is 5.73. The molecule has 0 aliphatic heterocycles. The van der Waals surface area contributed by atoms with Gasteiger partial charge in [-0.1, -0.05) is 13.8 Å². The minimum atomic E-state index is -0.395. The van der Waals surface area contributed by atoms with E-state index in [1.54, 1.807) is 23.3 Å². The van der Waals surface area contributed by atoms with Gasteiger partial charge in [0.25, 0.3) is 0 Å². The molecule has 1 atom stereocenters. The normalized spacial score (nSPS) is 12.2. The first kappa shape index (κ1) is 17.0. The maximum atomic E-state index is 11.7. The molecule has 0 bridgehead atoms. The van der Waals surface area contributed by atoms with Crippen molar-refractivity contribution in [3.8, 4) is 5.82 Å². The SMILES string of the molecule is CC(C)C(O)CCNC(=O)NCc1ccnc(-n2ccnc2)c1. The Bertz CT molecular complexity index is 613. The van der Waals surface area contributed by atoms with Crippen LogP contribution >= 0.6 is 0 Å². The van der Waals surface area contributed by atoms with E-state index in [2.05, 4.69) is 20.6 Å². The van der Waals surface area contributed by atoms with Crippen molar-refractivity contribution in [2.75, 3.05) is 6.54 Å². The number of nitrogens with one attached hydrogen (secondary N) is 2. The number of carbonyl (C=O) groups is 1. The molecule has 7 heteroatoms. The van der Waals surface area contributed by atoms with Gasteiger partial charge in [-0.15, -0.1) is 0 Å². The Morgan fingerprint density at radius 2 is 2.17 bits per heavy atom. The largest absolute Gasteiger partial charge is 0.393 e. The number of imidazole rings is 1. The molecule has 0 aliphatic rings. The van der Waals surface area contributed by atoms with Crippen LogP contribution in [0, 0.1) is 5.92 Å². The van der Waals surface area contributed by atoms with Crippen LogP contribution in [0.25, 0.3) is 5.82 Å². The monoisotopic (exact) mass is 317 g/mol. The summed E-state index contributed by atoms with van der Waals surface area (Å²) in [5.41, 5.74) is 0.945. The molecule has 0 radical (unpaired) electrons. The van der Waals surface area contributed by atoms with Crippen LogP contribution in [0.1, 0.15) is 25.8 Å². The second kappa shape index (κ2) is 8.28. The Labute approximate surface area is 135 Å². The third kappa shape index (κ3) is 5.37. The van der Waals surface area contributed by atoms with E-state index >= 15 is 0 Å². The van der Waals surface area contributed by atoms with Crippen molar-refractivity contribution in [2.24, 2.45) is 5.92 Å². The van der Waals surface area contributed by atoms with Crippen LogP contribution in [0.5, 0.6) is 0 Å². The summed E-state index contributed by atoms with van der Waals surface area (Å²) in [6, 6.07) is 3.50. The van der Waals surface area contributed by atoms with E-state index in [-0.39, 0.29) is 11.9 Å². The molecule has 0 saturated carbocycles. The number of carbonyl (C=O) groups excluding carboxylic acids is 1.